The number of nitrogens with two attached hydrogens (primary N) is 1. The van der Waals surface area contributed by atoms with Crippen LogP contribution in [0, 0.1) is 10.1 Å². The van der Waals surface area contributed by atoms with E-state index in [9.17, 15) is 10.1 Å². The third kappa shape index (κ3) is 3.51. The second-order valence-corrected chi connectivity index (χ2v) is 3.21. The first-order chi connectivity index (χ1) is 7.13. The van der Waals surface area contributed by atoms with Crippen molar-refractivity contribution in [3.05, 3.63) is 28.4 Å². The summed E-state index contributed by atoms with van der Waals surface area (Å²) in [6, 6.07) is 2.78. The second kappa shape index (κ2) is 5.26. The number of anilines is 1. The lowest BCUT2D eigenvalue weighted by molar-refractivity contribution is -0.384. The number of hydrogen-bond donors (Lipinski definition) is 2. The Kier molecular flexibility index (Phi) is 3.99. The van der Waals surface area contributed by atoms with Gasteiger partial charge in [-0.15, -0.1) is 0 Å². The summed E-state index contributed by atoms with van der Waals surface area (Å²) >= 11 is 0. The van der Waals surface area contributed by atoms with E-state index in [1.807, 2.05) is 6.92 Å². The minimum atomic E-state index is -0.452. The van der Waals surface area contributed by atoms with E-state index >= 15 is 0 Å². The third-order valence-electron chi connectivity index (χ3n) is 2.02. The fraction of sp³-hybridized carbons (Fsp3) is 0.444. The van der Waals surface area contributed by atoms with Crippen LogP contribution in [0.25, 0.3) is 0 Å². The van der Waals surface area contributed by atoms with Crippen molar-refractivity contribution in [2.24, 2.45) is 5.73 Å². The summed E-state index contributed by atoms with van der Waals surface area (Å²) < 4.78 is 0. The average molecular weight is 210 g/mol. The fourth-order valence-corrected chi connectivity index (χ4v) is 1.01. The lowest BCUT2D eigenvalue weighted by atomic mass is 10.2. The highest BCUT2D eigenvalue weighted by Gasteiger charge is 2.06. The Hall–Kier alpha value is -1.69. The van der Waals surface area contributed by atoms with Crippen LogP contribution in [0.5, 0.6) is 0 Å². The van der Waals surface area contributed by atoms with Crippen LogP contribution in [0.4, 0.5) is 11.5 Å². The molecule has 0 saturated heterocycles. The lowest BCUT2D eigenvalue weighted by Gasteiger charge is -2.10. The van der Waals surface area contributed by atoms with Crippen molar-refractivity contribution in [2.75, 3.05) is 11.9 Å². The van der Waals surface area contributed by atoms with Crippen molar-refractivity contribution >= 4 is 11.5 Å². The molecule has 3 N–H and O–H groups in total. The molecule has 1 aromatic rings. The normalized spacial score (nSPS) is 12.1. The zero-order chi connectivity index (χ0) is 11.3. The van der Waals surface area contributed by atoms with E-state index in [0.717, 1.165) is 6.42 Å². The van der Waals surface area contributed by atoms with Gasteiger partial charge in [0, 0.05) is 24.8 Å². The van der Waals surface area contributed by atoms with Gasteiger partial charge in [-0.2, -0.15) is 0 Å². The van der Waals surface area contributed by atoms with Crippen LogP contribution >= 0.6 is 0 Å². The lowest BCUT2D eigenvalue weighted by Crippen LogP contribution is -2.28. The summed E-state index contributed by atoms with van der Waals surface area (Å²) in [6.07, 6.45) is 2.25. The van der Waals surface area contributed by atoms with Gasteiger partial charge in [-0.1, -0.05) is 6.92 Å². The predicted molar refractivity (Wildman–Crippen MR) is 57.6 cm³/mol. The minimum Gasteiger partial charge on any atom is -0.368 e. The summed E-state index contributed by atoms with van der Waals surface area (Å²) in [5.41, 5.74) is 5.72. The van der Waals surface area contributed by atoms with Crippen LogP contribution in [-0.2, 0) is 0 Å². The van der Waals surface area contributed by atoms with Crippen LogP contribution in [-0.4, -0.2) is 22.5 Å². The summed E-state index contributed by atoms with van der Waals surface area (Å²) in [5, 5.41) is 13.4. The molecular weight excluding hydrogens is 196 g/mol. The molecule has 6 nitrogen and oxygen atoms in total. The second-order valence-electron chi connectivity index (χ2n) is 3.21. The topological polar surface area (TPSA) is 94.1 Å². The number of nitro groups is 1. The molecule has 0 saturated carbocycles. The molecule has 1 rings (SSSR count). The summed E-state index contributed by atoms with van der Waals surface area (Å²) in [6.45, 7) is 2.54. The number of aromatic nitrogens is 1. The Balaban J connectivity index is 2.62. The molecule has 0 fully saturated rings. The third-order valence-corrected chi connectivity index (χ3v) is 2.02. The van der Waals surface area contributed by atoms with Gasteiger partial charge in [-0.05, 0) is 6.42 Å². The molecule has 0 bridgehead atoms. The van der Waals surface area contributed by atoms with Gasteiger partial charge in [-0.3, -0.25) is 10.1 Å². The molecule has 0 aliphatic rings. The van der Waals surface area contributed by atoms with Gasteiger partial charge in [0.25, 0.3) is 5.69 Å². The van der Waals surface area contributed by atoms with Crippen LogP contribution in [0.15, 0.2) is 18.3 Å². The molecular formula is C9H14N4O2. The van der Waals surface area contributed by atoms with E-state index in [1.54, 1.807) is 0 Å². The maximum Gasteiger partial charge on any atom is 0.274 e. The standard InChI is InChI=1S/C9H14N4O2/c1-2-7(10)6-12-9-5-8(13(14)15)3-4-11-9/h3-5,7H,2,6,10H2,1H3,(H,11,12). The molecule has 0 aliphatic carbocycles. The Bertz CT molecular complexity index is 343. The van der Waals surface area contributed by atoms with Crippen molar-refractivity contribution in [2.45, 2.75) is 19.4 Å². The van der Waals surface area contributed by atoms with Crippen molar-refractivity contribution in [3.63, 3.8) is 0 Å². The van der Waals surface area contributed by atoms with Crippen LogP contribution < -0.4 is 11.1 Å². The highest BCUT2D eigenvalue weighted by atomic mass is 16.6. The van der Waals surface area contributed by atoms with Crippen molar-refractivity contribution in [3.8, 4) is 0 Å². The first kappa shape index (κ1) is 11.4. The van der Waals surface area contributed by atoms with E-state index < -0.39 is 4.92 Å². The summed E-state index contributed by atoms with van der Waals surface area (Å²) in [7, 11) is 0. The smallest absolute Gasteiger partial charge is 0.274 e. The molecule has 1 aromatic heterocycles. The Morgan fingerprint density at radius 2 is 2.47 bits per heavy atom. The molecule has 1 unspecified atom stereocenters. The molecule has 15 heavy (non-hydrogen) atoms. The average Bonchev–Trinajstić information content (AvgIpc) is 2.26. The number of pyridine rings is 1. The molecule has 0 aliphatic heterocycles. The van der Waals surface area contributed by atoms with Gasteiger partial charge in [0.05, 0.1) is 11.0 Å². The van der Waals surface area contributed by atoms with Crippen molar-refractivity contribution < 1.29 is 4.92 Å². The fourth-order valence-electron chi connectivity index (χ4n) is 1.01. The van der Waals surface area contributed by atoms with Gasteiger partial charge in [0.2, 0.25) is 0 Å². The van der Waals surface area contributed by atoms with Gasteiger partial charge in [0.15, 0.2) is 0 Å². The first-order valence-corrected chi connectivity index (χ1v) is 4.73. The van der Waals surface area contributed by atoms with Crippen LogP contribution in [0.3, 0.4) is 0 Å². The van der Waals surface area contributed by atoms with Crippen LogP contribution in [0.1, 0.15) is 13.3 Å². The van der Waals surface area contributed by atoms with Gasteiger partial charge >= 0.3 is 0 Å². The van der Waals surface area contributed by atoms with Crippen molar-refractivity contribution in [1.29, 1.82) is 0 Å². The molecule has 1 heterocycles. The molecule has 0 amide bonds. The molecule has 6 heteroatoms. The van der Waals surface area contributed by atoms with E-state index in [1.165, 1.54) is 18.3 Å². The maximum atomic E-state index is 10.5. The molecule has 1 atom stereocenters. The quantitative estimate of drug-likeness (QED) is 0.561. The van der Waals surface area contributed by atoms with Gasteiger partial charge < -0.3 is 11.1 Å². The van der Waals surface area contributed by atoms with Gasteiger partial charge in [-0.25, -0.2) is 4.98 Å². The minimum absolute atomic E-state index is 0.0255. The highest BCUT2D eigenvalue weighted by molar-refractivity contribution is 5.44. The predicted octanol–water partition coefficient (Wildman–Crippen LogP) is 1.14. The van der Waals surface area contributed by atoms with Crippen molar-refractivity contribution in [1.82, 2.24) is 4.98 Å². The monoisotopic (exact) mass is 210 g/mol. The van der Waals surface area contributed by atoms with E-state index in [-0.39, 0.29) is 11.7 Å². The zero-order valence-corrected chi connectivity index (χ0v) is 8.51. The Labute approximate surface area is 87.7 Å². The number of nitrogens with zero attached hydrogens (tertiary/aromatic N) is 2. The van der Waals surface area contributed by atoms with E-state index in [4.69, 9.17) is 5.73 Å². The Morgan fingerprint density at radius 1 is 1.73 bits per heavy atom. The van der Waals surface area contributed by atoms with Crippen LogP contribution in [0.2, 0.25) is 0 Å². The summed E-state index contributed by atoms with van der Waals surface area (Å²) in [5.74, 6) is 0.480. The number of hydrogen-bond acceptors (Lipinski definition) is 5. The van der Waals surface area contributed by atoms with E-state index in [0.29, 0.717) is 12.4 Å². The Morgan fingerprint density at radius 3 is 3.07 bits per heavy atom. The number of nitrogens with one attached hydrogen (secondary N) is 1. The first-order valence-electron chi connectivity index (χ1n) is 4.73. The zero-order valence-electron chi connectivity index (χ0n) is 8.51. The highest BCUT2D eigenvalue weighted by Crippen LogP contribution is 2.13. The maximum absolute atomic E-state index is 10.5. The van der Waals surface area contributed by atoms with E-state index in [2.05, 4.69) is 10.3 Å². The molecule has 0 spiro atoms. The molecule has 82 valence electrons. The molecule has 0 aromatic carbocycles. The van der Waals surface area contributed by atoms with Gasteiger partial charge in [0.1, 0.15) is 5.82 Å². The number of rotatable bonds is 5. The largest absolute Gasteiger partial charge is 0.368 e. The molecule has 0 radical (unpaired) electrons. The summed E-state index contributed by atoms with van der Waals surface area (Å²) in [4.78, 5) is 14.0. The SMILES string of the molecule is CCC(N)CNc1cc([N+](=O)[O-])ccn1.